The van der Waals surface area contributed by atoms with Gasteiger partial charge in [-0.2, -0.15) is 0 Å². The van der Waals surface area contributed by atoms with Crippen LogP contribution in [0.1, 0.15) is 12.5 Å². The maximum Gasteiger partial charge on any atom is 0.335 e. The highest BCUT2D eigenvalue weighted by molar-refractivity contribution is 5.89. The molecule has 0 aliphatic rings. The molecule has 0 saturated heterocycles. The Labute approximate surface area is 102 Å². The van der Waals surface area contributed by atoms with E-state index in [1.807, 2.05) is 43.3 Å². The van der Waals surface area contributed by atoms with Crippen LogP contribution in [0, 0.1) is 0 Å². The minimum atomic E-state index is -0.381. The predicted octanol–water partition coefficient (Wildman–Crippen LogP) is 2.15. The highest BCUT2D eigenvalue weighted by Gasteiger charge is 2.06. The Morgan fingerprint density at radius 2 is 2.00 bits per heavy atom. The van der Waals surface area contributed by atoms with Gasteiger partial charge < -0.3 is 10.5 Å². The molecule has 0 amide bonds. The number of nitrogens with two attached hydrogens (primary N) is 1. The van der Waals surface area contributed by atoms with Crippen LogP contribution in [-0.2, 0) is 9.53 Å². The molecule has 1 aromatic carbocycles. The second kappa shape index (κ2) is 6.66. The maximum absolute atomic E-state index is 11.3. The average Bonchev–Trinajstić information content (AvgIpc) is 2.36. The summed E-state index contributed by atoms with van der Waals surface area (Å²) >= 11 is 0. The van der Waals surface area contributed by atoms with Crippen molar-refractivity contribution >= 4 is 12.0 Å². The zero-order valence-corrected chi connectivity index (χ0v) is 10.1. The second-order valence-electron chi connectivity index (χ2n) is 3.66. The molecule has 0 fully saturated rings. The molecule has 0 aliphatic carbocycles. The highest BCUT2D eigenvalue weighted by Crippen LogP contribution is 2.09. The van der Waals surface area contributed by atoms with Gasteiger partial charge in [0.05, 0.1) is 12.7 Å². The summed E-state index contributed by atoms with van der Waals surface area (Å²) < 4.78 is 4.64. The van der Waals surface area contributed by atoms with Gasteiger partial charge in [0.25, 0.3) is 0 Å². The number of esters is 1. The van der Waals surface area contributed by atoms with Crippen LogP contribution in [-0.4, -0.2) is 19.6 Å². The molecule has 0 aromatic heterocycles. The first-order valence-electron chi connectivity index (χ1n) is 5.39. The van der Waals surface area contributed by atoms with Crippen LogP contribution in [0.4, 0.5) is 0 Å². The smallest absolute Gasteiger partial charge is 0.335 e. The molecule has 2 N–H and O–H groups in total. The molecule has 0 aliphatic heterocycles. The van der Waals surface area contributed by atoms with E-state index in [4.69, 9.17) is 5.73 Å². The average molecular weight is 231 g/mol. The Morgan fingerprint density at radius 3 is 2.53 bits per heavy atom. The Hall–Kier alpha value is -1.87. The summed E-state index contributed by atoms with van der Waals surface area (Å²) in [6.45, 7) is 2.10. The van der Waals surface area contributed by atoms with Crippen LogP contribution in [0.5, 0.6) is 0 Å². The molecular formula is C14H17NO2. The number of allylic oxidation sites excluding steroid dienone is 2. The zero-order chi connectivity index (χ0) is 12.7. The lowest BCUT2D eigenvalue weighted by atomic mass is 10.1. The third-order valence-electron chi connectivity index (χ3n) is 2.26. The molecule has 0 bridgehead atoms. The molecular weight excluding hydrogens is 214 g/mol. The van der Waals surface area contributed by atoms with Gasteiger partial charge in [-0.05, 0) is 24.1 Å². The van der Waals surface area contributed by atoms with Gasteiger partial charge in [-0.3, -0.25) is 0 Å². The van der Waals surface area contributed by atoms with Crippen molar-refractivity contribution in [3.8, 4) is 0 Å². The fraction of sp³-hybridized carbons (Fsp3) is 0.214. The molecule has 3 heteroatoms. The Bertz CT molecular complexity index is 433. The van der Waals surface area contributed by atoms with Crippen LogP contribution >= 0.6 is 0 Å². The van der Waals surface area contributed by atoms with Gasteiger partial charge in [0.15, 0.2) is 0 Å². The van der Waals surface area contributed by atoms with Gasteiger partial charge in [-0.25, -0.2) is 4.79 Å². The summed E-state index contributed by atoms with van der Waals surface area (Å²) in [4.78, 5) is 11.3. The summed E-state index contributed by atoms with van der Waals surface area (Å²) in [6, 6.07) is 9.89. The molecule has 90 valence electrons. The summed E-state index contributed by atoms with van der Waals surface area (Å²) in [6.07, 6.45) is 3.73. The lowest BCUT2D eigenvalue weighted by Gasteiger charge is -2.02. The van der Waals surface area contributed by atoms with Crippen molar-refractivity contribution in [1.82, 2.24) is 0 Å². The molecule has 3 nitrogen and oxygen atoms in total. The lowest BCUT2D eigenvalue weighted by molar-refractivity contribution is -0.136. The number of hydrogen-bond donors (Lipinski definition) is 1. The molecule has 1 rings (SSSR count). The van der Waals surface area contributed by atoms with Crippen molar-refractivity contribution in [3.05, 3.63) is 53.1 Å². The van der Waals surface area contributed by atoms with Gasteiger partial charge in [0.2, 0.25) is 0 Å². The molecule has 1 aromatic rings. The standard InChI is InChI=1S/C14H17NO2/c1-11(8-12-6-4-3-5-7-12)9-13(10-15)14(16)17-2/h3-9H,10,15H2,1-2H3. The Balaban J connectivity index is 2.90. The number of carbonyl (C=O) groups is 1. The molecule has 0 unspecified atom stereocenters. The van der Waals surface area contributed by atoms with E-state index in [-0.39, 0.29) is 12.5 Å². The largest absolute Gasteiger partial charge is 0.466 e. The molecule has 0 heterocycles. The molecule has 17 heavy (non-hydrogen) atoms. The van der Waals surface area contributed by atoms with Gasteiger partial charge in [0.1, 0.15) is 0 Å². The summed E-state index contributed by atoms with van der Waals surface area (Å²) in [5.41, 5.74) is 8.01. The number of carbonyl (C=O) groups excluding carboxylic acids is 1. The van der Waals surface area contributed by atoms with Crippen LogP contribution in [0.15, 0.2) is 47.6 Å². The lowest BCUT2D eigenvalue weighted by Crippen LogP contribution is -2.14. The number of ether oxygens (including phenoxy) is 1. The zero-order valence-electron chi connectivity index (χ0n) is 10.1. The quantitative estimate of drug-likeness (QED) is 0.490. The maximum atomic E-state index is 11.3. The first-order chi connectivity index (χ1) is 8.17. The second-order valence-corrected chi connectivity index (χ2v) is 3.66. The fourth-order valence-electron chi connectivity index (χ4n) is 1.46. The summed E-state index contributed by atoms with van der Waals surface area (Å²) in [7, 11) is 1.35. The van der Waals surface area contributed by atoms with E-state index in [1.165, 1.54) is 7.11 Å². The van der Waals surface area contributed by atoms with E-state index in [0.29, 0.717) is 5.57 Å². The van der Waals surface area contributed by atoms with E-state index >= 15 is 0 Å². The highest BCUT2D eigenvalue weighted by atomic mass is 16.5. The minimum Gasteiger partial charge on any atom is -0.466 e. The first-order valence-corrected chi connectivity index (χ1v) is 5.39. The fourth-order valence-corrected chi connectivity index (χ4v) is 1.46. The molecule has 0 atom stereocenters. The SMILES string of the molecule is COC(=O)C(=CC(C)=Cc1ccccc1)CN. The number of methoxy groups -OCH3 is 1. The van der Waals surface area contributed by atoms with Crippen molar-refractivity contribution < 1.29 is 9.53 Å². The topological polar surface area (TPSA) is 52.3 Å². The number of rotatable bonds is 4. The van der Waals surface area contributed by atoms with E-state index in [0.717, 1.165) is 11.1 Å². The van der Waals surface area contributed by atoms with Gasteiger partial charge >= 0.3 is 5.97 Å². The van der Waals surface area contributed by atoms with Crippen molar-refractivity contribution in [1.29, 1.82) is 0 Å². The monoisotopic (exact) mass is 231 g/mol. The minimum absolute atomic E-state index is 0.173. The number of hydrogen-bond acceptors (Lipinski definition) is 3. The third-order valence-corrected chi connectivity index (χ3v) is 2.26. The van der Waals surface area contributed by atoms with Crippen molar-refractivity contribution in [2.75, 3.05) is 13.7 Å². The van der Waals surface area contributed by atoms with Gasteiger partial charge in [0, 0.05) is 6.54 Å². The van der Waals surface area contributed by atoms with Crippen molar-refractivity contribution in [2.45, 2.75) is 6.92 Å². The van der Waals surface area contributed by atoms with Crippen molar-refractivity contribution in [2.24, 2.45) is 5.73 Å². The summed E-state index contributed by atoms with van der Waals surface area (Å²) in [5, 5.41) is 0. The van der Waals surface area contributed by atoms with E-state index in [2.05, 4.69) is 4.74 Å². The van der Waals surface area contributed by atoms with E-state index in [9.17, 15) is 4.79 Å². The predicted molar refractivity (Wildman–Crippen MR) is 69.2 cm³/mol. The summed E-state index contributed by atoms with van der Waals surface area (Å²) in [5.74, 6) is -0.381. The van der Waals surface area contributed by atoms with Crippen molar-refractivity contribution in [3.63, 3.8) is 0 Å². The normalized spacial score (nSPS) is 12.4. The van der Waals surface area contributed by atoms with Crippen LogP contribution in [0.2, 0.25) is 0 Å². The van der Waals surface area contributed by atoms with Gasteiger partial charge in [-0.15, -0.1) is 0 Å². The van der Waals surface area contributed by atoms with E-state index < -0.39 is 0 Å². The van der Waals surface area contributed by atoms with Crippen LogP contribution in [0.3, 0.4) is 0 Å². The first kappa shape index (κ1) is 13.2. The Kier molecular flexibility index (Phi) is 5.17. The van der Waals surface area contributed by atoms with Gasteiger partial charge in [-0.1, -0.05) is 36.4 Å². The van der Waals surface area contributed by atoms with E-state index in [1.54, 1.807) is 6.08 Å². The number of benzene rings is 1. The third kappa shape index (κ3) is 4.25. The molecule has 0 spiro atoms. The van der Waals surface area contributed by atoms with Crippen LogP contribution in [0.25, 0.3) is 6.08 Å². The Morgan fingerprint density at radius 1 is 1.35 bits per heavy atom. The van der Waals surface area contributed by atoms with Crippen LogP contribution < -0.4 is 5.73 Å². The molecule has 0 saturated carbocycles. The molecule has 0 radical (unpaired) electrons.